The molecule has 202 valence electrons. The maximum absolute atomic E-state index is 6.03. The zero-order chi connectivity index (χ0) is 23.8. The minimum absolute atomic E-state index is 0. The van der Waals surface area contributed by atoms with Gasteiger partial charge in [-0.15, -0.1) is 0 Å². The number of fused-ring (bicyclic) bond motifs is 2. The Bertz CT molecular complexity index is 687. The Morgan fingerprint density at radius 1 is 0.600 bits per heavy atom. The van der Waals surface area contributed by atoms with E-state index in [0.717, 1.165) is 25.7 Å². The highest BCUT2D eigenvalue weighted by atomic mass is 32.1. The minimum Gasteiger partial charge on any atom is -0.412 e. The molecule has 35 heavy (non-hydrogen) atoms. The van der Waals surface area contributed by atoms with Gasteiger partial charge in [0.05, 0.1) is 77.3 Å². The van der Waals surface area contributed by atoms with Crippen molar-refractivity contribution in [2.45, 2.75) is 75.8 Å². The largest absolute Gasteiger partial charge is 0.412 e. The van der Waals surface area contributed by atoms with Gasteiger partial charge in [0.1, 0.15) is 4.64 Å². The quantitative estimate of drug-likeness (QED) is 0.484. The van der Waals surface area contributed by atoms with Crippen LogP contribution < -0.4 is 0 Å². The van der Waals surface area contributed by atoms with Gasteiger partial charge in [-0.25, -0.2) is 0 Å². The molecule has 4 atom stereocenters. The predicted octanol–water partition coefficient (Wildman–Crippen LogP) is 3.70. The summed E-state index contributed by atoms with van der Waals surface area (Å²) in [4.78, 5) is 5.51. The molecule has 0 spiro atoms. The Morgan fingerprint density at radius 2 is 0.971 bits per heavy atom. The standard InChI is InChI=1S/C20H36O6.C4H4N2S2.H2O/c1-2-6-18-17(5-1)23-13-9-21-11-15-25-19-7-3-4-8-20(19)26-16-12-22-10-14-24-18;7-3-1-2-5-4(8)6-3;/h17-20H,1-16H2;1-2H,(H2,5,6,7,8);1H2/t17-,18+,19+,20-;;. The lowest BCUT2D eigenvalue weighted by Gasteiger charge is -2.32. The molecule has 1 aromatic heterocycles. The van der Waals surface area contributed by atoms with Gasteiger partial charge in [0.25, 0.3) is 0 Å². The average Bonchev–Trinajstić information content (AvgIpc) is 2.84. The fourth-order valence-electron chi connectivity index (χ4n) is 4.51. The van der Waals surface area contributed by atoms with E-state index in [2.05, 4.69) is 9.97 Å². The lowest BCUT2D eigenvalue weighted by Crippen LogP contribution is -2.37. The number of aromatic amines is 2. The van der Waals surface area contributed by atoms with E-state index in [-0.39, 0.29) is 29.9 Å². The van der Waals surface area contributed by atoms with E-state index in [4.69, 9.17) is 52.9 Å². The molecule has 4 rings (SSSR count). The van der Waals surface area contributed by atoms with Gasteiger partial charge in [0.15, 0.2) is 4.77 Å². The lowest BCUT2D eigenvalue weighted by molar-refractivity contribution is -0.129. The number of hydrogen-bond donors (Lipinski definition) is 2. The van der Waals surface area contributed by atoms with Crippen molar-refractivity contribution in [3.05, 3.63) is 21.7 Å². The molecule has 1 aromatic rings. The van der Waals surface area contributed by atoms with Crippen molar-refractivity contribution < 1.29 is 33.9 Å². The first-order chi connectivity index (χ1) is 16.7. The zero-order valence-corrected chi connectivity index (χ0v) is 22.2. The van der Waals surface area contributed by atoms with Crippen LogP contribution in [-0.4, -0.2) is 92.7 Å². The Labute approximate surface area is 218 Å². The highest BCUT2D eigenvalue weighted by molar-refractivity contribution is 7.72. The Kier molecular flexibility index (Phi) is 16.1. The number of ether oxygens (including phenoxy) is 6. The summed E-state index contributed by atoms with van der Waals surface area (Å²) in [5.41, 5.74) is 0. The molecule has 9 nitrogen and oxygen atoms in total. The van der Waals surface area contributed by atoms with E-state index in [1.165, 1.54) is 25.7 Å². The first-order valence-corrected chi connectivity index (χ1v) is 13.4. The molecular weight excluding hydrogens is 492 g/mol. The molecule has 0 amide bonds. The summed E-state index contributed by atoms with van der Waals surface area (Å²) in [6.45, 7) is 4.93. The van der Waals surface area contributed by atoms with Crippen LogP contribution in [-0.2, 0) is 28.4 Å². The second kappa shape index (κ2) is 18.5. The van der Waals surface area contributed by atoms with E-state index in [1.807, 2.05) is 0 Å². The maximum atomic E-state index is 6.03. The van der Waals surface area contributed by atoms with Gasteiger partial charge in [-0.2, -0.15) is 0 Å². The molecule has 3 fully saturated rings. The highest BCUT2D eigenvalue weighted by Gasteiger charge is 2.27. The Balaban J connectivity index is 0.000000409. The van der Waals surface area contributed by atoms with Crippen molar-refractivity contribution in [1.29, 1.82) is 0 Å². The number of H-pyrrole nitrogens is 2. The first-order valence-electron chi connectivity index (χ1n) is 12.6. The second-order valence-electron chi connectivity index (χ2n) is 8.73. The number of nitrogens with one attached hydrogen (secondary N) is 2. The SMILES string of the molecule is C1CC[C@H]2OCCOCCO[C@H]3CCCC[C@H]3OCCOCCO[C@H]2C1.O.S=c1cc[nH]c(=S)[nH]1. The highest BCUT2D eigenvalue weighted by Crippen LogP contribution is 2.25. The lowest BCUT2D eigenvalue weighted by atomic mass is 9.94. The molecule has 0 bridgehead atoms. The van der Waals surface area contributed by atoms with Crippen LogP contribution in [0.1, 0.15) is 51.4 Å². The summed E-state index contributed by atoms with van der Waals surface area (Å²) in [7, 11) is 0. The third-order valence-electron chi connectivity index (χ3n) is 6.21. The molecule has 3 aliphatic rings. The molecule has 2 saturated carbocycles. The third-order valence-corrected chi connectivity index (χ3v) is 6.67. The van der Waals surface area contributed by atoms with Gasteiger partial charge in [-0.3, -0.25) is 0 Å². The molecule has 4 N–H and O–H groups in total. The van der Waals surface area contributed by atoms with E-state index in [1.54, 1.807) is 12.3 Å². The summed E-state index contributed by atoms with van der Waals surface area (Å²) in [6, 6.07) is 1.74. The molecule has 0 radical (unpaired) electrons. The van der Waals surface area contributed by atoms with Crippen LogP contribution >= 0.6 is 24.4 Å². The second-order valence-corrected chi connectivity index (χ2v) is 9.57. The van der Waals surface area contributed by atoms with E-state index in [9.17, 15) is 0 Å². The summed E-state index contributed by atoms with van der Waals surface area (Å²) in [6.07, 6.45) is 11.6. The van der Waals surface area contributed by atoms with Crippen LogP contribution in [0.25, 0.3) is 0 Å². The van der Waals surface area contributed by atoms with Gasteiger partial charge in [0.2, 0.25) is 0 Å². The van der Waals surface area contributed by atoms with Crippen LogP contribution in [0, 0.1) is 9.41 Å². The van der Waals surface area contributed by atoms with Gasteiger partial charge in [0, 0.05) is 6.20 Å². The maximum Gasteiger partial charge on any atom is 0.175 e. The van der Waals surface area contributed by atoms with Crippen LogP contribution in [0.3, 0.4) is 0 Å². The first kappa shape index (κ1) is 30.5. The summed E-state index contributed by atoms with van der Waals surface area (Å²) in [5.74, 6) is 0. The molecular formula is C24H42N2O7S2. The van der Waals surface area contributed by atoms with E-state index < -0.39 is 0 Å². The van der Waals surface area contributed by atoms with Crippen molar-refractivity contribution in [3.63, 3.8) is 0 Å². The van der Waals surface area contributed by atoms with Crippen molar-refractivity contribution in [2.24, 2.45) is 0 Å². The Hall–Kier alpha value is -0.760. The molecule has 0 unspecified atom stereocenters. The van der Waals surface area contributed by atoms with Crippen molar-refractivity contribution >= 4 is 24.4 Å². The average molecular weight is 535 g/mol. The molecule has 2 aliphatic carbocycles. The summed E-state index contributed by atoms with van der Waals surface area (Å²) >= 11 is 9.48. The topological polar surface area (TPSA) is 118 Å². The van der Waals surface area contributed by atoms with Gasteiger partial charge < -0.3 is 43.9 Å². The van der Waals surface area contributed by atoms with Crippen molar-refractivity contribution in [2.75, 3.05) is 52.9 Å². The fourth-order valence-corrected chi connectivity index (χ4v) is 4.92. The number of aromatic nitrogens is 2. The normalized spacial score (nSPS) is 29.5. The van der Waals surface area contributed by atoms with Gasteiger partial charge in [-0.05, 0) is 44.0 Å². The molecule has 0 aromatic carbocycles. The van der Waals surface area contributed by atoms with Crippen LogP contribution in [0.15, 0.2) is 12.3 Å². The number of hydrogen-bond acceptors (Lipinski definition) is 8. The smallest absolute Gasteiger partial charge is 0.175 e. The Morgan fingerprint density at radius 3 is 1.26 bits per heavy atom. The minimum atomic E-state index is 0. The van der Waals surface area contributed by atoms with Crippen molar-refractivity contribution in [1.82, 2.24) is 9.97 Å². The van der Waals surface area contributed by atoms with Gasteiger partial charge in [-0.1, -0.05) is 37.9 Å². The van der Waals surface area contributed by atoms with Crippen LogP contribution in [0.2, 0.25) is 0 Å². The van der Waals surface area contributed by atoms with Gasteiger partial charge >= 0.3 is 0 Å². The third kappa shape index (κ3) is 12.4. The monoisotopic (exact) mass is 534 g/mol. The van der Waals surface area contributed by atoms with E-state index in [0.29, 0.717) is 62.3 Å². The van der Waals surface area contributed by atoms with Crippen molar-refractivity contribution in [3.8, 4) is 0 Å². The van der Waals surface area contributed by atoms with Crippen LogP contribution in [0.4, 0.5) is 0 Å². The summed E-state index contributed by atoms with van der Waals surface area (Å²) < 4.78 is 36.7. The number of rotatable bonds is 0. The molecule has 1 aliphatic heterocycles. The van der Waals surface area contributed by atoms with E-state index >= 15 is 0 Å². The molecule has 11 heteroatoms. The molecule has 2 heterocycles. The predicted molar refractivity (Wildman–Crippen MR) is 138 cm³/mol. The fraction of sp³-hybridized carbons (Fsp3) is 0.833. The van der Waals surface area contributed by atoms with Crippen LogP contribution in [0.5, 0.6) is 0 Å². The zero-order valence-electron chi connectivity index (χ0n) is 20.5. The summed E-state index contributed by atoms with van der Waals surface area (Å²) in [5, 5.41) is 0. The molecule has 1 saturated heterocycles.